The number of rotatable bonds is 5. The Kier molecular flexibility index (Phi) is 5.21. The van der Waals surface area contributed by atoms with Gasteiger partial charge in [-0.2, -0.15) is 0 Å². The number of ether oxygens (including phenoxy) is 1. The second-order valence-electron chi connectivity index (χ2n) is 5.16. The summed E-state index contributed by atoms with van der Waals surface area (Å²) in [5.41, 5.74) is 8.70. The minimum atomic E-state index is 0.241. The van der Waals surface area contributed by atoms with E-state index in [1.807, 2.05) is 12.1 Å². The van der Waals surface area contributed by atoms with Crippen molar-refractivity contribution in [1.29, 1.82) is 0 Å². The quantitative estimate of drug-likeness (QED) is 0.813. The summed E-state index contributed by atoms with van der Waals surface area (Å²) in [6, 6.07) is 13.8. The summed E-state index contributed by atoms with van der Waals surface area (Å²) in [6.07, 6.45) is 0. The van der Waals surface area contributed by atoms with Gasteiger partial charge in [-0.05, 0) is 29.2 Å². The molecule has 2 nitrogen and oxygen atoms in total. The molecule has 0 aliphatic rings. The first-order chi connectivity index (χ1) is 9.99. The Hall–Kier alpha value is -1.58. The van der Waals surface area contributed by atoms with E-state index in [0.29, 0.717) is 28.9 Å². The molecule has 0 spiro atoms. The van der Waals surface area contributed by atoms with Gasteiger partial charge < -0.3 is 10.5 Å². The molecule has 0 saturated carbocycles. The third-order valence-corrected chi connectivity index (χ3v) is 3.78. The van der Waals surface area contributed by atoms with Gasteiger partial charge in [0.05, 0.1) is 10.6 Å². The molecule has 0 radical (unpaired) electrons. The summed E-state index contributed by atoms with van der Waals surface area (Å²) in [5, 5.41) is 0.509. The molecule has 0 unspecified atom stereocenters. The van der Waals surface area contributed by atoms with Crippen LogP contribution in [0.15, 0.2) is 42.5 Å². The fraction of sp³-hybridized carbons (Fsp3) is 0.235. The van der Waals surface area contributed by atoms with Crippen LogP contribution in [0.2, 0.25) is 5.02 Å². The zero-order valence-corrected chi connectivity index (χ0v) is 13.7. The average molecular weight is 320 g/mol. The van der Waals surface area contributed by atoms with Crippen molar-refractivity contribution in [2.75, 3.05) is 0 Å². The fourth-order valence-corrected chi connectivity index (χ4v) is 2.56. The maximum atomic E-state index is 6.11. The highest BCUT2D eigenvalue weighted by Gasteiger charge is 2.11. The van der Waals surface area contributed by atoms with Crippen LogP contribution in [0.1, 0.15) is 36.5 Å². The third kappa shape index (κ3) is 3.96. The first kappa shape index (κ1) is 15.8. The summed E-state index contributed by atoms with van der Waals surface area (Å²) in [6.45, 7) is 4.80. The average Bonchev–Trinajstić information content (AvgIpc) is 2.45. The van der Waals surface area contributed by atoms with E-state index < -0.39 is 0 Å². The second kappa shape index (κ2) is 6.92. The summed E-state index contributed by atoms with van der Waals surface area (Å²) in [7, 11) is 0. The molecular formula is C17H18ClNOS. The van der Waals surface area contributed by atoms with Gasteiger partial charge in [-0.3, -0.25) is 0 Å². The summed E-state index contributed by atoms with van der Waals surface area (Å²) < 4.78 is 5.81. The van der Waals surface area contributed by atoms with Gasteiger partial charge in [0.2, 0.25) is 0 Å². The van der Waals surface area contributed by atoms with E-state index >= 15 is 0 Å². The maximum Gasteiger partial charge on any atom is 0.131 e. The fourth-order valence-electron chi connectivity index (χ4n) is 2.02. The number of thiocarbonyl (C=S) groups is 1. The summed E-state index contributed by atoms with van der Waals surface area (Å²) >= 11 is 11.1. The van der Waals surface area contributed by atoms with Gasteiger partial charge in [-0.1, -0.05) is 68.0 Å². The Morgan fingerprint density at radius 2 is 1.86 bits per heavy atom. The minimum Gasteiger partial charge on any atom is -0.488 e. The van der Waals surface area contributed by atoms with Crippen molar-refractivity contribution in [2.24, 2.45) is 5.73 Å². The Morgan fingerprint density at radius 3 is 2.43 bits per heavy atom. The number of hydrogen-bond acceptors (Lipinski definition) is 2. The van der Waals surface area contributed by atoms with Gasteiger partial charge in [-0.15, -0.1) is 0 Å². The molecular weight excluding hydrogens is 302 g/mol. The van der Waals surface area contributed by atoms with Crippen LogP contribution in [0.3, 0.4) is 0 Å². The molecule has 0 aliphatic carbocycles. The molecule has 2 rings (SSSR count). The lowest BCUT2D eigenvalue weighted by Gasteiger charge is -2.12. The predicted molar refractivity (Wildman–Crippen MR) is 92.2 cm³/mol. The number of halogens is 1. The summed E-state index contributed by atoms with van der Waals surface area (Å²) in [4.78, 5) is 0.241. The van der Waals surface area contributed by atoms with E-state index in [4.69, 9.17) is 34.3 Å². The molecule has 0 saturated heterocycles. The van der Waals surface area contributed by atoms with E-state index in [1.165, 1.54) is 5.56 Å². The molecule has 2 aromatic rings. The minimum absolute atomic E-state index is 0.241. The van der Waals surface area contributed by atoms with Crippen LogP contribution in [0.4, 0.5) is 0 Å². The second-order valence-corrected chi connectivity index (χ2v) is 6.01. The molecule has 0 amide bonds. The highest BCUT2D eigenvalue weighted by Crippen LogP contribution is 2.27. The molecule has 0 aliphatic heterocycles. The molecule has 110 valence electrons. The van der Waals surface area contributed by atoms with Gasteiger partial charge >= 0.3 is 0 Å². The van der Waals surface area contributed by atoms with Gasteiger partial charge in [0.15, 0.2) is 0 Å². The van der Waals surface area contributed by atoms with Crippen LogP contribution in [0, 0.1) is 0 Å². The first-order valence-electron chi connectivity index (χ1n) is 6.79. The van der Waals surface area contributed by atoms with Crippen molar-refractivity contribution in [1.82, 2.24) is 0 Å². The van der Waals surface area contributed by atoms with Crippen molar-refractivity contribution in [3.63, 3.8) is 0 Å². The molecule has 2 N–H and O–H groups in total. The molecule has 4 heteroatoms. The van der Waals surface area contributed by atoms with E-state index in [1.54, 1.807) is 6.07 Å². The Bertz CT molecular complexity index is 638. The van der Waals surface area contributed by atoms with Crippen LogP contribution in [0.5, 0.6) is 5.75 Å². The number of nitrogens with two attached hydrogens (primary N) is 1. The van der Waals surface area contributed by atoms with Crippen molar-refractivity contribution in [3.05, 3.63) is 64.2 Å². The van der Waals surface area contributed by atoms with Crippen LogP contribution in [-0.4, -0.2) is 4.99 Å². The third-order valence-electron chi connectivity index (χ3n) is 3.26. The van der Waals surface area contributed by atoms with E-state index in [2.05, 4.69) is 38.1 Å². The van der Waals surface area contributed by atoms with Crippen molar-refractivity contribution < 1.29 is 4.74 Å². The van der Waals surface area contributed by atoms with Crippen molar-refractivity contribution in [3.8, 4) is 5.75 Å². The molecule has 0 heterocycles. The Labute approximate surface area is 135 Å². The van der Waals surface area contributed by atoms with Crippen LogP contribution in [0.25, 0.3) is 0 Å². The number of benzene rings is 2. The van der Waals surface area contributed by atoms with E-state index in [0.717, 1.165) is 5.56 Å². The Morgan fingerprint density at radius 1 is 1.19 bits per heavy atom. The lowest BCUT2D eigenvalue weighted by atomic mass is 10.0. The van der Waals surface area contributed by atoms with Gasteiger partial charge in [-0.25, -0.2) is 0 Å². The van der Waals surface area contributed by atoms with Crippen molar-refractivity contribution >= 4 is 28.8 Å². The first-order valence-corrected chi connectivity index (χ1v) is 7.57. The molecule has 0 bridgehead atoms. The van der Waals surface area contributed by atoms with Gasteiger partial charge in [0, 0.05) is 0 Å². The molecule has 21 heavy (non-hydrogen) atoms. The van der Waals surface area contributed by atoms with Crippen LogP contribution in [-0.2, 0) is 6.61 Å². The molecule has 0 fully saturated rings. The zero-order chi connectivity index (χ0) is 15.4. The Balaban J connectivity index is 2.13. The standard InChI is InChI=1S/C17H18ClNOS/c1-11(2)13-8-6-12(7-9-13)10-20-15-5-3-4-14(18)16(15)17(19)21/h3-9,11H,10H2,1-2H3,(H2,19,21). The lowest BCUT2D eigenvalue weighted by Crippen LogP contribution is -2.12. The zero-order valence-electron chi connectivity index (χ0n) is 12.1. The van der Waals surface area contributed by atoms with Crippen LogP contribution < -0.4 is 10.5 Å². The van der Waals surface area contributed by atoms with Gasteiger partial charge in [0.25, 0.3) is 0 Å². The molecule has 0 aromatic heterocycles. The topological polar surface area (TPSA) is 35.2 Å². The monoisotopic (exact) mass is 319 g/mol. The highest BCUT2D eigenvalue weighted by molar-refractivity contribution is 7.80. The largest absolute Gasteiger partial charge is 0.488 e. The molecule has 2 aromatic carbocycles. The number of hydrogen-bond donors (Lipinski definition) is 1. The van der Waals surface area contributed by atoms with Crippen LogP contribution >= 0.6 is 23.8 Å². The normalized spacial score (nSPS) is 10.7. The van der Waals surface area contributed by atoms with E-state index in [9.17, 15) is 0 Å². The summed E-state index contributed by atoms with van der Waals surface area (Å²) in [5.74, 6) is 1.14. The highest BCUT2D eigenvalue weighted by atomic mass is 35.5. The van der Waals surface area contributed by atoms with E-state index in [-0.39, 0.29) is 4.99 Å². The van der Waals surface area contributed by atoms with Gasteiger partial charge in [0.1, 0.15) is 17.3 Å². The van der Waals surface area contributed by atoms with Crippen molar-refractivity contribution in [2.45, 2.75) is 26.4 Å². The smallest absolute Gasteiger partial charge is 0.131 e. The lowest BCUT2D eigenvalue weighted by molar-refractivity contribution is 0.305. The molecule has 0 atom stereocenters. The SMILES string of the molecule is CC(C)c1ccc(COc2cccc(Cl)c2C(N)=S)cc1. The predicted octanol–water partition coefficient (Wildman–Crippen LogP) is 4.68. The maximum absolute atomic E-state index is 6.11.